The molecular weight excluding hydrogens is 190 g/mol. The molecule has 0 spiro atoms. The van der Waals surface area contributed by atoms with Gasteiger partial charge >= 0.3 is 0 Å². The molecule has 6 heteroatoms. The molecule has 0 aliphatic rings. The number of halogens is 2. The molecule has 1 rings (SSSR count). The van der Waals surface area contributed by atoms with Crippen molar-refractivity contribution in [3.8, 4) is 0 Å². The van der Waals surface area contributed by atoms with Crippen molar-refractivity contribution in [2.75, 3.05) is 18.5 Å². The molecule has 0 fully saturated rings. The van der Waals surface area contributed by atoms with E-state index in [0.29, 0.717) is 18.1 Å². The summed E-state index contributed by atoms with van der Waals surface area (Å²) in [5.74, 6) is 0.419. The van der Waals surface area contributed by atoms with Crippen LogP contribution >= 0.6 is 0 Å². The molecule has 2 N–H and O–H groups in total. The van der Waals surface area contributed by atoms with Crippen molar-refractivity contribution < 1.29 is 8.78 Å². The Hall–Kier alpha value is -1.30. The van der Waals surface area contributed by atoms with E-state index < -0.39 is 6.43 Å². The van der Waals surface area contributed by atoms with Gasteiger partial charge in [-0.15, -0.1) is 0 Å². The van der Waals surface area contributed by atoms with Gasteiger partial charge in [-0.25, -0.2) is 13.8 Å². The lowest BCUT2D eigenvalue weighted by Gasteiger charge is -2.16. The summed E-state index contributed by atoms with van der Waals surface area (Å²) in [6.07, 6.45) is 0.540. The van der Waals surface area contributed by atoms with Crippen LogP contribution in [0.15, 0.2) is 12.4 Å². The molecule has 0 saturated heterocycles. The van der Waals surface area contributed by atoms with Crippen LogP contribution < -0.4 is 10.6 Å². The first-order chi connectivity index (χ1) is 6.63. The Labute approximate surface area is 80.8 Å². The Morgan fingerprint density at radius 2 is 2.14 bits per heavy atom. The topological polar surface area (TPSA) is 55.0 Å². The molecule has 1 aromatic rings. The van der Waals surface area contributed by atoms with Gasteiger partial charge in [-0.05, 0) is 0 Å². The van der Waals surface area contributed by atoms with E-state index in [1.165, 1.54) is 24.3 Å². The van der Waals surface area contributed by atoms with Crippen LogP contribution in [0.3, 0.4) is 0 Å². The van der Waals surface area contributed by atoms with Crippen LogP contribution in [0.1, 0.15) is 5.69 Å². The van der Waals surface area contributed by atoms with Gasteiger partial charge in [0.25, 0.3) is 6.43 Å². The molecule has 0 unspecified atom stereocenters. The van der Waals surface area contributed by atoms with Gasteiger partial charge in [0, 0.05) is 13.6 Å². The minimum atomic E-state index is -2.38. The highest BCUT2D eigenvalue weighted by Crippen LogP contribution is 2.08. The molecule has 1 aromatic heterocycles. The largest absolute Gasteiger partial charge is 0.353 e. The zero-order valence-corrected chi connectivity index (χ0v) is 7.82. The van der Waals surface area contributed by atoms with E-state index in [2.05, 4.69) is 9.97 Å². The predicted molar refractivity (Wildman–Crippen MR) is 49.2 cm³/mol. The lowest BCUT2D eigenvalue weighted by Crippen LogP contribution is -2.25. The Morgan fingerprint density at radius 3 is 2.57 bits per heavy atom. The second-order valence-electron chi connectivity index (χ2n) is 2.84. The van der Waals surface area contributed by atoms with Crippen LogP contribution in [0.5, 0.6) is 0 Å². The van der Waals surface area contributed by atoms with Gasteiger partial charge in [0.15, 0.2) is 0 Å². The standard InChI is InChI=1S/C8H12F2N4/c1-14(5-7(9)10)8-4-12-6(2-11)3-13-8/h3-4,7H,2,5,11H2,1H3. The maximum atomic E-state index is 12.0. The zero-order valence-electron chi connectivity index (χ0n) is 7.82. The van der Waals surface area contributed by atoms with Crippen LogP contribution in [-0.4, -0.2) is 30.0 Å². The summed E-state index contributed by atoms with van der Waals surface area (Å²) in [6.45, 7) is -0.0531. The normalized spacial score (nSPS) is 10.6. The predicted octanol–water partition coefficient (Wildman–Crippen LogP) is 0.637. The van der Waals surface area contributed by atoms with E-state index in [9.17, 15) is 8.78 Å². The number of rotatable bonds is 4. The summed E-state index contributed by atoms with van der Waals surface area (Å²) >= 11 is 0. The highest BCUT2D eigenvalue weighted by atomic mass is 19.3. The van der Waals surface area contributed by atoms with E-state index in [1.54, 1.807) is 0 Å². The molecule has 78 valence electrons. The van der Waals surface area contributed by atoms with Crippen molar-refractivity contribution in [2.24, 2.45) is 5.73 Å². The Bertz CT molecular complexity index is 275. The van der Waals surface area contributed by atoms with Crippen molar-refractivity contribution in [2.45, 2.75) is 13.0 Å². The monoisotopic (exact) mass is 202 g/mol. The van der Waals surface area contributed by atoms with Gasteiger partial charge in [0.1, 0.15) is 5.82 Å². The van der Waals surface area contributed by atoms with Crippen LogP contribution in [0, 0.1) is 0 Å². The maximum Gasteiger partial charge on any atom is 0.255 e. The van der Waals surface area contributed by atoms with Gasteiger partial charge in [-0.1, -0.05) is 0 Å². The first-order valence-corrected chi connectivity index (χ1v) is 4.13. The summed E-state index contributed by atoms with van der Waals surface area (Å²) in [4.78, 5) is 9.25. The van der Waals surface area contributed by atoms with E-state index in [0.717, 1.165) is 0 Å². The zero-order chi connectivity index (χ0) is 10.6. The van der Waals surface area contributed by atoms with E-state index >= 15 is 0 Å². The lowest BCUT2D eigenvalue weighted by molar-refractivity contribution is 0.156. The van der Waals surface area contributed by atoms with Gasteiger partial charge in [-0.2, -0.15) is 0 Å². The molecule has 1 heterocycles. The second-order valence-corrected chi connectivity index (χ2v) is 2.84. The number of hydrogen-bond acceptors (Lipinski definition) is 4. The summed E-state index contributed by atoms with van der Waals surface area (Å²) < 4.78 is 24.0. The van der Waals surface area contributed by atoms with Crippen LogP contribution in [0.25, 0.3) is 0 Å². The lowest BCUT2D eigenvalue weighted by atomic mass is 10.4. The Balaban J connectivity index is 2.66. The minimum absolute atomic E-state index is 0.297. The van der Waals surface area contributed by atoms with Crippen LogP contribution in [0.2, 0.25) is 0 Å². The van der Waals surface area contributed by atoms with Crippen LogP contribution in [-0.2, 0) is 6.54 Å². The first-order valence-electron chi connectivity index (χ1n) is 4.13. The highest BCUT2D eigenvalue weighted by Gasteiger charge is 2.09. The molecule has 0 atom stereocenters. The third-order valence-electron chi connectivity index (χ3n) is 1.70. The molecule has 0 saturated carbocycles. The second kappa shape index (κ2) is 4.80. The summed E-state index contributed by atoms with van der Waals surface area (Å²) in [5, 5.41) is 0. The average Bonchev–Trinajstić information content (AvgIpc) is 2.17. The van der Waals surface area contributed by atoms with Crippen molar-refractivity contribution in [3.63, 3.8) is 0 Å². The number of anilines is 1. The van der Waals surface area contributed by atoms with E-state index in [-0.39, 0.29) is 6.54 Å². The fourth-order valence-electron chi connectivity index (χ4n) is 0.951. The van der Waals surface area contributed by atoms with Crippen LogP contribution in [0.4, 0.5) is 14.6 Å². The summed E-state index contributed by atoms with van der Waals surface area (Å²) in [6, 6.07) is 0. The first kappa shape index (κ1) is 10.8. The quantitative estimate of drug-likeness (QED) is 0.778. The molecule has 0 amide bonds. The van der Waals surface area contributed by atoms with E-state index in [1.807, 2.05) is 0 Å². The van der Waals surface area contributed by atoms with Gasteiger partial charge < -0.3 is 10.6 Å². The van der Waals surface area contributed by atoms with Crippen molar-refractivity contribution in [1.82, 2.24) is 9.97 Å². The molecule has 0 aromatic carbocycles. The highest BCUT2D eigenvalue weighted by molar-refractivity contribution is 5.34. The summed E-state index contributed by atoms with van der Waals surface area (Å²) in [5.41, 5.74) is 5.96. The molecule has 14 heavy (non-hydrogen) atoms. The van der Waals surface area contributed by atoms with Gasteiger partial charge in [-0.3, -0.25) is 4.98 Å². The van der Waals surface area contributed by atoms with Gasteiger partial charge in [0.2, 0.25) is 0 Å². The number of alkyl halides is 2. The third kappa shape index (κ3) is 2.88. The van der Waals surface area contributed by atoms with Crippen molar-refractivity contribution in [1.29, 1.82) is 0 Å². The fraction of sp³-hybridized carbons (Fsp3) is 0.500. The number of aromatic nitrogens is 2. The SMILES string of the molecule is CN(CC(F)F)c1cnc(CN)cn1. The smallest absolute Gasteiger partial charge is 0.255 e. The van der Waals surface area contributed by atoms with Crippen molar-refractivity contribution >= 4 is 5.82 Å². The van der Waals surface area contributed by atoms with E-state index in [4.69, 9.17) is 5.73 Å². The molecule has 4 nitrogen and oxygen atoms in total. The van der Waals surface area contributed by atoms with Crippen molar-refractivity contribution in [3.05, 3.63) is 18.1 Å². The molecule has 0 aliphatic carbocycles. The average molecular weight is 202 g/mol. The van der Waals surface area contributed by atoms with Gasteiger partial charge in [0.05, 0.1) is 24.6 Å². The number of nitrogens with zero attached hydrogens (tertiary/aromatic N) is 3. The molecule has 0 bridgehead atoms. The number of nitrogens with two attached hydrogens (primary N) is 1. The minimum Gasteiger partial charge on any atom is -0.353 e. The molecule has 0 radical (unpaired) electrons. The molecule has 0 aliphatic heterocycles. The Morgan fingerprint density at radius 1 is 1.43 bits per heavy atom. The fourth-order valence-corrected chi connectivity index (χ4v) is 0.951. The molecular formula is C8H12F2N4. The number of hydrogen-bond donors (Lipinski definition) is 1. The summed E-state index contributed by atoms with van der Waals surface area (Å²) in [7, 11) is 1.54. The third-order valence-corrected chi connectivity index (χ3v) is 1.70. The maximum absolute atomic E-state index is 12.0. The Kier molecular flexibility index (Phi) is 3.70.